The number of hydrogen-bond acceptors (Lipinski definition) is 2. The monoisotopic (exact) mass is 221 g/mol. The molecule has 0 bridgehead atoms. The van der Waals surface area contributed by atoms with Crippen molar-refractivity contribution in [2.45, 2.75) is 53.1 Å². The van der Waals surface area contributed by atoms with Gasteiger partial charge in [-0.3, -0.25) is 4.68 Å². The average molecular weight is 221 g/mol. The fourth-order valence-corrected chi connectivity index (χ4v) is 2.14. The van der Waals surface area contributed by atoms with Crippen molar-refractivity contribution in [2.75, 3.05) is 6.54 Å². The summed E-state index contributed by atoms with van der Waals surface area (Å²) in [4.78, 5) is 0. The molecular formula is C13H23N3. The number of nitrogens with zero attached hydrogens (tertiary/aromatic N) is 2. The third-order valence-electron chi connectivity index (χ3n) is 3.40. The highest BCUT2D eigenvalue weighted by molar-refractivity contribution is 5.24. The second-order valence-corrected chi connectivity index (χ2v) is 4.95. The summed E-state index contributed by atoms with van der Waals surface area (Å²) in [5, 5.41) is 8.14. The number of nitrogens with one attached hydrogen (secondary N) is 1. The Kier molecular flexibility index (Phi) is 3.64. The van der Waals surface area contributed by atoms with Gasteiger partial charge in [0.05, 0.1) is 5.69 Å². The molecule has 2 rings (SSSR count). The van der Waals surface area contributed by atoms with E-state index in [0.29, 0.717) is 0 Å². The Hall–Kier alpha value is -0.830. The molecule has 1 N–H and O–H groups in total. The van der Waals surface area contributed by atoms with Crippen LogP contribution in [0.5, 0.6) is 0 Å². The minimum absolute atomic E-state index is 0.950. The lowest BCUT2D eigenvalue weighted by atomic mass is 10.2. The maximum atomic E-state index is 4.59. The Morgan fingerprint density at radius 2 is 2.12 bits per heavy atom. The van der Waals surface area contributed by atoms with Gasteiger partial charge in [0.15, 0.2) is 0 Å². The van der Waals surface area contributed by atoms with Crippen LogP contribution in [0.15, 0.2) is 0 Å². The van der Waals surface area contributed by atoms with Crippen molar-refractivity contribution in [3.63, 3.8) is 0 Å². The minimum atomic E-state index is 0.950. The molecule has 0 aromatic carbocycles. The molecule has 0 radical (unpaired) electrons. The Morgan fingerprint density at radius 1 is 1.38 bits per heavy atom. The molecule has 1 aromatic rings. The Balaban J connectivity index is 1.95. The van der Waals surface area contributed by atoms with E-state index in [9.17, 15) is 0 Å². The molecule has 0 amide bonds. The van der Waals surface area contributed by atoms with Crippen molar-refractivity contribution >= 4 is 0 Å². The van der Waals surface area contributed by atoms with Crippen LogP contribution >= 0.6 is 0 Å². The lowest BCUT2D eigenvalue weighted by Gasteiger charge is -2.05. The van der Waals surface area contributed by atoms with E-state index in [1.807, 2.05) is 0 Å². The summed E-state index contributed by atoms with van der Waals surface area (Å²) in [6, 6.07) is 0. The zero-order valence-corrected chi connectivity index (χ0v) is 10.7. The fraction of sp³-hybridized carbons (Fsp3) is 0.769. The summed E-state index contributed by atoms with van der Waals surface area (Å²) in [7, 11) is 0. The smallest absolute Gasteiger partial charge is 0.0641 e. The summed E-state index contributed by atoms with van der Waals surface area (Å²) in [5.74, 6) is 0.950. The first kappa shape index (κ1) is 11.6. The van der Waals surface area contributed by atoms with Crippen molar-refractivity contribution in [1.82, 2.24) is 15.1 Å². The molecule has 16 heavy (non-hydrogen) atoms. The largest absolute Gasteiger partial charge is 0.312 e. The molecule has 0 unspecified atom stereocenters. The second-order valence-electron chi connectivity index (χ2n) is 4.95. The Morgan fingerprint density at radius 3 is 2.75 bits per heavy atom. The molecule has 1 saturated carbocycles. The first-order chi connectivity index (χ1) is 7.72. The summed E-state index contributed by atoms with van der Waals surface area (Å²) < 4.78 is 2.14. The van der Waals surface area contributed by atoms with Gasteiger partial charge in [0.1, 0.15) is 0 Å². The van der Waals surface area contributed by atoms with Crippen molar-refractivity contribution in [2.24, 2.45) is 5.92 Å². The number of hydrogen-bond donors (Lipinski definition) is 1. The van der Waals surface area contributed by atoms with Gasteiger partial charge in [-0.1, -0.05) is 6.92 Å². The summed E-state index contributed by atoms with van der Waals surface area (Å²) in [5.41, 5.74) is 3.92. The van der Waals surface area contributed by atoms with Gasteiger partial charge in [-0.05, 0) is 45.6 Å². The molecular weight excluding hydrogens is 198 g/mol. The fourth-order valence-electron chi connectivity index (χ4n) is 2.14. The molecule has 1 aromatic heterocycles. The van der Waals surface area contributed by atoms with Gasteiger partial charge in [-0.2, -0.15) is 5.10 Å². The van der Waals surface area contributed by atoms with Crippen LogP contribution in [0.2, 0.25) is 0 Å². The zero-order valence-electron chi connectivity index (χ0n) is 10.7. The molecule has 1 fully saturated rings. The highest BCUT2D eigenvalue weighted by Gasteiger charge is 2.20. The number of aryl methyl sites for hydroxylation is 2. The van der Waals surface area contributed by atoms with Crippen LogP contribution in [0.1, 0.15) is 43.1 Å². The minimum Gasteiger partial charge on any atom is -0.312 e. The van der Waals surface area contributed by atoms with Gasteiger partial charge in [0, 0.05) is 24.3 Å². The van der Waals surface area contributed by atoms with Crippen LogP contribution in [0, 0.1) is 19.8 Å². The van der Waals surface area contributed by atoms with E-state index < -0.39 is 0 Å². The molecule has 0 atom stereocenters. The summed E-state index contributed by atoms with van der Waals surface area (Å²) >= 11 is 0. The van der Waals surface area contributed by atoms with Crippen LogP contribution in [0.3, 0.4) is 0 Å². The van der Waals surface area contributed by atoms with Crippen molar-refractivity contribution < 1.29 is 0 Å². The number of aromatic nitrogens is 2. The third-order valence-corrected chi connectivity index (χ3v) is 3.40. The normalized spacial score (nSPS) is 15.7. The topological polar surface area (TPSA) is 29.9 Å². The second kappa shape index (κ2) is 5.00. The van der Waals surface area contributed by atoms with Crippen LogP contribution in [0.25, 0.3) is 0 Å². The van der Waals surface area contributed by atoms with E-state index in [4.69, 9.17) is 0 Å². The molecule has 1 heterocycles. The highest BCUT2D eigenvalue weighted by atomic mass is 15.3. The molecule has 3 nitrogen and oxygen atoms in total. The highest BCUT2D eigenvalue weighted by Crippen LogP contribution is 2.27. The van der Waals surface area contributed by atoms with E-state index in [0.717, 1.165) is 25.4 Å². The first-order valence-corrected chi connectivity index (χ1v) is 6.46. The van der Waals surface area contributed by atoms with E-state index in [-0.39, 0.29) is 0 Å². The number of rotatable bonds is 6. The Bertz CT molecular complexity index is 350. The SMILES string of the molecule is CCCn1nc(C)c(CNCC2CC2)c1C. The zero-order chi connectivity index (χ0) is 11.5. The van der Waals surface area contributed by atoms with Gasteiger partial charge in [0.2, 0.25) is 0 Å². The van der Waals surface area contributed by atoms with Gasteiger partial charge in [-0.25, -0.2) is 0 Å². The average Bonchev–Trinajstić information content (AvgIpc) is 3.02. The van der Waals surface area contributed by atoms with Crippen LogP contribution < -0.4 is 5.32 Å². The van der Waals surface area contributed by atoms with Gasteiger partial charge < -0.3 is 5.32 Å². The molecule has 0 saturated heterocycles. The van der Waals surface area contributed by atoms with Gasteiger partial charge in [-0.15, -0.1) is 0 Å². The standard InChI is InChI=1S/C13H23N3/c1-4-7-16-11(3)13(10(2)15-16)9-14-8-12-5-6-12/h12,14H,4-9H2,1-3H3. The van der Waals surface area contributed by atoms with E-state index in [1.165, 1.54) is 36.3 Å². The van der Waals surface area contributed by atoms with E-state index in [1.54, 1.807) is 0 Å². The van der Waals surface area contributed by atoms with Gasteiger partial charge >= 0.3 is 0 Å². The molecule has 1 aliphatic rings. The van der Waals surface area contributed by atoms with Crippen LogP contribution in [-0.4, -0.2) is 16.3 Å². The molecule has 1 aliphatic carbocycles. The first-order valence-electron chi connectivity index (χ1n) is 6.46. The van der Waals surface area contributed by atoms with E-state index in [2.05, 4.69) is 35.9 Å². The Labute approximate surface area is 98.2 Å². The van der Waals surface area contributed by atoms with Gasteiger partial charge in [0.25, 0.3) is 0 Å². The lowest BCUT2D eigenvalue weighted by Crippen LogP contribution is -2.17. The quantitative estimate of drug-likeness (QED) is 0.799. The maximum absolute atomic E-state index is 4.59. The lowest BCUT2D eigenvalue weighted by molar-refractivity contribution is 0.580. The van der Waals surface area contributed by atoms with Crippen molar-refractivity contribution in [3.05, 3.63) is 17.0 Å². The summed E-state index contributed by atoms with van der Waals surface area (Å²) in [6.45, 7) is 9.70. The third kappa shape index (κ3) is 2.64. The van der Waals surface area contributed by atoms with E-state index >= 15 is 0 Å². The maximum Gasteiger partial charge on any atom is 0.0641 e. The molecule has 0 aliphatic heterocycles. The molecule has 90 valence electrons. The van der Waals surface area contributed by atoms with Crippen molar-refractivity contribution in [1.29, 1.82) is 0 Å². The van der Waals surface area contributed by atoms with Crippen molar-refractivity contribution in [3.8, 4) is 0 Å². The molecule has 0 spiro atoms. The predicted molar refractivity (Wildman–Crippen MR) is 66.4 cm³/mol. The molecule has 3 heteroatoms. The summed E-state index contributed by atoms with van der Waals surface area (Å²) in [6.07, 6.45) is 3.98. The van der Waals surface area contributed by atoms with Crippen LogP contribution in [0.4, 0.5) is 0 Å². The van der Waals surface area contributed by atoms with Crippen LogP contribution in [-0.2, 0) is 13.1 Å². The predicted octanol–water partition coefficient (Wildman–Crippen LogP) is 2.41.